The number of anilines is 1. The molecule has 0 N–H and O–H groups in total. The van der Waals surface area contributed by atoms with Gasteiger partial charge in [0, 0.05) is 43.4 Å². The van der Waals surface area contributed by atoms with Crippen molar-refractivity contribution >= 4 is 22.6 Å². The summed E-state index contributed by atoms with van der Waals surface area (Å²) in [6.45, 7) is 6.27. The molecule has 1 aliphatic carbocycles. The zero-order valence-electron chi connectivity index (χ0n) is 25.1. The number of ether oxygens (including phenoxy) is 1. The molecule has 3 saturated heterocycles. The number of halogens is 3. The lowest BCUT2D eigenvalue weighted by molar-refractivity contribution is -0.131. The summed E-state index contributed by atoms with van der Waals surface area (Å²) in [4.78, 5) is 27.8. The highest BCUT2D eigenvalue weighted by Gasteiger charge is 2.45. The smallest absolute Gasteiger partial charge is 0.319 e. The van der Waals surface area contributed by atoms with Crippen molar-refractivity contribution in [2.24, 2.45) is 0 Å². The number of rotatable bonds is 7. The largest absolute Gasteiger partial charge is 0.461 e. The quantitative estimate of drug-likeness (QED) is 0.334. The van der Waals surface area contributed by atoms with E-state index < -0.39 is 29.8 Å². The number of amides is 1. The third kappa shape index (κ3) is 5.29. The minimum Gasteiger partial charge on any atom is -0.461 e. The third-order valence-corrected chi connectivity index (χ3v) is 10.1. The summed E-state index contributed by atoms with van der Waals surface area (Å²) in [5.74, 6) is -1.99. The molecule has 0 radical (unpaired) electrons. The first-order valence-corrected chi connectivity index (χ1v) is 15.7. The number of alkyl halides is 1. The van der Waals surface area contributed by atoms with E-state index in [1.165, 1.54) is 11.0 Å². The average Bonchev–Trinajstić information content (AvgIpc) is 3.72. The Morgan fingerprint density at radius 1 is 1.11 bits per heavy atom. The van der Waals surface area contributed by atoms with Crippen molar-refractivity contribution < 1.29 is 22.7 Å². The van der Waals surface area contributed by atoms with Crippen molar-refractivity contribution in [2.75, 3.05) is 44.2 Å². The van der Waals surface area contributed by atoms with Gasteiger partial charge in [-0.25, -0.2) is 13.2 Å². The molecule has 11 heteroatoms. The Morgan fingerprint density at radius 3 is 2.67 bits per heavy atom. The first-order valence-electron chi connectivity index (χ1n) is 15.7. The average molecular weight is 617 g/mol. The van der Waals surface area contributed by atoms with Crippen LogP contribution < -0.4 is 9.64 Å². The Bertz CT molecular complexity index is 1710. The van der Waals surface area contributed by atoms with Crippen LogP contribution in [0.15, 0.2) is 42.7 Å². The van der Waals surface area contributed by atoms with Crippen molar-refractivity contribution in [3.63, 3.8) is 0 Å². The highest BCUT2D eigenvalue weighted by molar-refractivity contribution is 5.94. The number of fused-ring (bicyclic) bond motifs is 3. The molecule has 2 aromatic carbocycles. The molecule has 45 heavy (non-hydrogen) atoms. The fraction of sp³-hybridized carbons (Fsp3) is 0.471. The van der Waals surface area contributed by atoms with Gasteiger partial charge in [0.25, 0.3) is 5.91 Å². The fourth-order valence-corrected chi connectivity index (χ4v) is 7.89. The van der Waals surface area contributed by atoms with Crippen LogP contribution in [-0.2, 0) is 17.6 Å². The maximum Gasteiger partial charge on any atom is 0.319 e. The summed E-state index contributed by atoms with van der Waals surface area (Å²) in [5.41, 5.74) is 3.10. The van der Waals surface area contributed by atoms with E-state index in [0.29, 0.717) is 40.9 Å². The minimum absolute atomic E-state index is 0.0204. The van der Waals surface area contributed by atoms with E-state index in [1.54, 1.807) is 6.07 Å². The van der Waals surface area contributed by atoms with E-state index in [1.807, 2.05) is 23.1 Å². The molecule has 0 unspecified atom stereocenters. The zero-order chi connectivity index (χ0) is 31.3. The van der Waals surface area contributed by atoms with Crippen LogP contribution in [0.2, 0.25) is 0 Å². The summed E-state index contributed by atoms with van der Waals surface area (Å²) in [5, 5.41) is 9.94. The lowest BCUT2D eigenvalue weighted by atomic mass is 9.95. The number of hydrogen-bond acceptors (Lipinski definition) is 7. The topological polar surface area (TPSA) is 85.6 Å². The Kier molecular flexibility index (Phi) is 7.64. The van der Waals surface area contributed by atoms with Crippen molar-refractivity contribution in [1.82, 2.24) is 19.8 Å². The monoisotopic (exact) mass is 616 g/mol. The third-order valence-electron chi connectivity index (χ3n) is 10.1. The normalized spacial score (nSPS) is 22.4. The number of nitriles is 1. The van der Waals surface area contributed by atoms with E-state index in [0.717, 1.165) is 49.9 Å². The van der Waals surface area contributed by atoms with Gasteiger partial charge >= 0.3 is 6.01 Å². The summed E-state index contributed by atoms with van der Waals surface area (Å²) >= 11 is 0. The first kappa shape index (κ1) is 29.5. The minimum atomic E-state index is -1.08. The number of piperazine rings is 1. The van der Waals surface area contributed by atoms with Crippen LogP contribution in [-0.4, -0.2) is 82.8 Å². The Balaban J connectivity index is 1.29. The fourth-order valence-electron chi connectivity index (χ4n) is 7.89. The summed E-state index contributed by atoms with van der Waals surface area (Å²) in [6.07, 6.45) is 3.86. The number of nitrogens with zero attached hydrogens (tertiary/aromatic N) is 6. The molecule has 2 atom stereocenters. The molecule has 7 rings (SSSR count). The summed E-state index contributed by atoms with van der Waals surface area (Å²) < 4.78 is 50.6. The number of aromatic nitrogens is 2. The highest BCUT2D eigenvalue weighted by Crippen LogP contribution is 2.41. The van der Waals surface area contributed by atoms with Gasteiger partial charge in [-0.2, -0.15) is 15.2 Å². The molecule has 8 nitrogen and oxygen atoms in total. The van der Waals surface area contributed by atoms with Crippen molar-refractivity contribution in [3.05, 3.63) is 59.7 Å². The standard InChI is InChI=1S/C34H35F3N6O2/c1-21(35)32(44)43-14-13-41(19-24(43)7-10-38)31-28-17-29(37)27(25-6-2-5-22-15-23(36)16-26(22)25)18-30(28)39-33(40-31)45-20-34-8-3-11-42(34)12-4-9-34/h2,5-6,17-18,23-24H,1,3-4,7-9,11-16,19-20H2/t23-,24+/m1/s1. The van der Waals surface area contributed by atoms with Crippen LogP contribution in [0.3, 0.4) is 0 Å². The second-order valence-electron chi connectivity index (χ2n) is 12.7. The molecule has 0 spiro atoms. The van der Waals surface area contributed by atoms with E-state index >= 15 is 4.39 Å². The molecule has 4 aliphatic rings. The molecule has 1 aromatic heterocycles. The van der Waals surface area contributed by atoms with Crippen LogP contribution in [0, 0.1) is 17.1 Å². The second kappa shape index (κ2) is 11.6. The van der Waals surface area contributed by atoms with Gasteiger partial charge in [-0.1, -0.05) is 24.8 Å². The Morgan fingerprint density at radius 2 is 1.91 bits per heavy atom. The number of hydrogen-bond donors (Lipinski definition) is 0. The molecule has 3 aliphatic heterocycles. The van der Waals surface area contributed by atoms with Gasteiger partial charge in [0.05, 0.1) is 29.6 Å². The molecule has 4 heterocycles. The lowest BCUT2D eigenvalue weighted by Crippen LogP contribution is -2.55. The van der Waals surface area contributed by atoms with E-state index in [2.05, 4.69) is 17.5 Å². The maximum atomic E-state index is 16.0. The van der Waals surface area contributed by atoms with Crippen LogP contribution in [0.5, 0.6) is 6.01 Å². The van der Waals surface area contributed by atoms with Crippen LogP contribution >= 0.6 is 0 Å². The van der Waals surface area contributed by atoms with Gasteiger partial charge in [-0.05, 0) is 67.6 Å². The predicted molar refractivity (Wildman–Crippen MR) is 164 cm³/mol. The number of carbonyl (C=O) groups excluding carboxylic acids is 1. The highest BCUT2D eigenvalue weighted by atomic mass is 19.1. The molecular formula is C34H35F3N6O2. The lowest BCUT2D eigenvalue weighted by Gasteiger charge is -2.41. The van der Waals surface area contributed by atoms with Crippen molar-refractivity contribution in [3.8, 4) is 23.2 Å². The van der Waals surface area contributed by atoms with Gasteiger partial charge in [0.2, 0.25) is 0 Å². The zero-order valence-corrected chi connectivity index (χ0v) is 25.1. The molecule has 3 aromatic rings. The summed E-state index contributed by atoms with van der Waals surface area (Å²) in [6, 6.07) is 10.2. The predicted octanol–water partition coefficient (Wildman–Crippen LogP) is 5.29. The molecule has 234 valence electrons. The maximum absolute atomic E-state index is 16.0. The van der Waals surface area contributed by atoms with Crippen molar-refractivity contribution in [1.29, 1.82) is 5.26 Å². The van der Waals surface area contributed by atoms with Gasteiger partial charge in [0.1, 0.15) is 24.4 Å². The SMILES string of the molecule is C=C(F)C(=O)N1CCN(c2nc(OCC34CCCN3CCC4)nc3cc(-c4cccc5c4C[C@H](F)C5)c(F)cc23)C[C@@H]1CC#N. The van der Waals surface area contributed by atoms with Gasteiger partial charge in [0.15, 0.2) is 5.83 Å². The number of benzene rings is 2. The Hall–Kier alpha value is -4.17. The van der Waals surface area contributed by atoms with Crippen LogP contribution in [0.4, 0.5) is 19.0 Å². The van der Waals surface area contributed by atoms with Crippen LogP contribution in [0.25, 0.3) is 22.0 Å². The van der Waals surface area contributed by atoms with Crippen molar-refractivity contribution in [2.45, 2.75) is 62.7 Å². The molecule has 0 bridgehead atoms. The van der Waals surface area contributed by atoms with E-state index in [9.17, 15) is 18.8 Å². The molecule has 1 amide bonds. The first-order chi connectivity index (χ1) is 21.8. The van der Waals surface area contributed by atoms with E-state index in [4.69, 9.17) is 14.7 Å². The Labute approximate surface area is 260 Å². The van der Waals surface area contributed by atoms with Gasteiger partial charge in [-0.15, -0.1) is 0 Å². The number of carbonyl (C=O) groups is 1. The van der Waals surface area contributed by atoms with E-state index in [-0.39, 0.29) is 44.0 Å². The molecular weight excluding hydrogens is 581 g/mol. The van der Waals surface area contributed by atoms with Gasteiger partial charge in [-0.3, -0.25) is 9.69 Å². The van der Waals surface area contributed by atoms with Crippen LogP contribution in [0.1, 0.15) is 43.2 Å². The summed E-state index contributed by atoms with van der Waals surface area (Å²) in [7, 11) is 0. The second-order valence-corrected chi connectivity index (χ2v) is 12.7. The molecule has 3 fully saturated rings. The molecule has 0 saturated carbocycles. The van der Waals surface area contributed by atoms with Gasteiger partial charge < -0.3 is 14.5 Å².